The number of hydrogen-bond acceptors (Lipinski definition) is 8. The van der Waals surface area contributed by atoms with Crippen LogP contribution in [0.5, 0.6) is 0 Å². The lowest BCUT2D eigenvalue weighted by Gasteiger charge is -2.61. The molecule has 0 spiro atoms. The smallest absolute Gasteiger partial charge is 0.164 e. The number of aliphatic hydroxyl groups is 2. The molecule has 0 amide bonds. The highest BCUT2D eigenvalue weighted by atomic mass is 16.8. The highest BCUT2D eigenvalue weighted by molar-refractivity contribution is 5.99. The van der Waals surface area contributed by atoms with E-state index in [1.807, 2.05) is 41.5 Å². The van der Waals surface area contributed by atoms with Crippen LogP contribution < -0.4 is 0 Å². The van der Waals surface area contributed by atoms with Crippen molar-refractivity contribution < 1.29 is 34.0 Å². The summed E-state index contributed by atoms with van der Waals surface area (Å²) in [4.78, 5) is 5.74. The molecule has 2 heterocycles. The standard InChI is InChI=1S/C36H57NO7/c1-11-18-40-37-25-19-23-22(33(8)21-27-26(20-24(25)33)41-31(4,5)42-27)12-16-34(9)28(13-17-36(23,34)39)35(10)29(14-15-30(2,3)38)43-32(6,7)44-35/h11,19,22,24,26-29,38-39H,1,12-18,20-21H2,2-10H3/b37-25-/t22-,24-,26+,27-,28-,29+,33+,34+,35+,36+/m0/s1. The number of ether oxygens (including phenoxy) is 4. The summed E-state index contributed by atoms with van der Waals surface area (Å²) in [7, 11) is 0. The van der Waals surface area contributed by atoms with E-state index in [1.54, 1.807) is 6.08 Å². The first-order chi connectivity index (χ1) is 20.3. The Morgan fingerprint density at radius 2 is 1.70 bits per heavy atom. The molecule has 0 aromatic carbocycles. The summed E-state index contributed by atoms with van der Waals surface area (Å²) >= 11 is 0. The molecule has 2 N–H and O–H groups in total. The molecule has 2 aliphatic heterocycles. The molecular weight excluding hydrogens is 558 g/mol. The van der Waals surface area contributed by atoms with E-state index in [-0.39, 0.29) is 41.5 Å². The third kappa shape index (κ3) is 5.05. The lowest BCUT2D eigenvalue weighted by atomic mass is 9.45. The van der Waals surface area contributed by atoms with E-state index < -0.39 is 33.8 Å². The molecule has 8 heteroatoms. The molecule has 6 rings (SSSR count). The fourth-order valence-electron chi connectivity index (χ4n) is 10.7. The Kier molecular flexibility index (Phi) is 7.68. The Labute approximate surface area is 264 Å². The van der Waals surface area contributed by atoms with Gasteiger partial charge >= 0.3 is 0 Å². The number of fused-ring (bicyclic) bond motifs is 6. The first-order valence-corrected chi connectivity index (χ1v) is 17.0. The molecule has 44 heavy (non-hydrogen) atoms. The Hall–Kier alpha value is -1.29. The van der Waals surface area contributed by atoms with E-state index in [9.17, 15) is 10.2 Å². The molecule has 0 bridgehead atoms. The summed E-state index contributed by atoms with van der Waals surface area (Å²) in [6.07, 6.45) is 10.1. The van der Waals surface area contributed by atoms with Gasteiger partial charge in [-0.2, -0.15) is 0 Å². The molecular formula is C36H57NO7. The van der Waals surface area contributed by atoms with Crippen LogP contribution in [0, 0.1) is 28.6 Å². The maximum atomic E-state index is 13.1. The van der Waals surface area contributed by atoms with Crippen molar-refractivity contribution in [1.82, 2.24) is 0 Å². The van der Waals surface area contributed by atoms with Crippen LogP contribution in [-0.2, 0) is 23.8 Å². The van der Waals surface area contributed by atoms with Crippen LogP contribution in [0.2, 0.25) is 0 Å². The van der Waals surface area contributed by atoms with Crippen LogP contribution in [0.4, 0.5) is 0 Å². The lowest BCUT2D eigenvalue weighted by Crippen LogP contribution is -2.62. The van der Waals surface area contributed by atoms with E-state index in [2.05, 4.69) is 33.4 Å². The van der Waals surface area contributed by atoms with E-state index >= 15 is 0 Å². The third-order valence-electron chi connectivity index (χ3n) is 12.6. The molecule has 2 saturated heterocycles. The zero-order chi connectivity index (χ0) is 32.1. The quantitative estimate of drug-likeness (QED) is 0.193. The first kappa shape index (κ1) is 32.6. The minimum absolute atomic E-state index is 0.0130. The van der Waals surface area contributed by atoms with Gasteiger partial charge in [0.05, 0.1) is 40.8 Å². The molecule has 0 radical (unpaired) electrons. The van der Waals surface area contributed by atoms with Gasteiger partial charge in [0.15, 0.2) is 11.6 Å². The zero-order valence-electron chi connectivity index (χ0n) is 28.6. The lowest BCUT2D eigenvalue weighted by molar-refractivity contribution is -0.189. The third-order valence-corrected chi connectivity index (χ3v) is 12.6. The van der Waals surface area contributed by atoms with Crippen molar-refractivity contribution in [3.8, 4) is 0 Å². The molecule has 4 aliphatic carbocycles. The van der Waals surface area contributed by atoms with Crippen molar-refractivity contribution >= 4 is 5.71 Å². The zero-order valence-corrected chi connectivity index (χ0v) is 28.6. The van der Waals surface area contributed by atoms with Gasteiger partial charge in [-0.3, -0.25) is 0 Å². The summed E-state index contributed by atoms with van der Waals surface area (Å²) in [5.41, 5.74) is -1.01. The fourth-order valence-corrected chi connectivity index (χ4v) is 10.7. The highest BCUT2D eigenvalue weighted by Crippen LogP contribution is 2.70. The summed E-state index contributed by atoms with van der Waals surface area (Å²) in [6, 6.07) is 0. The second-order valence-corrected chi connectivity index (χ2v) is 17.0. The molecule has 248 valence electrons. The van der Waals surface area contributed by atoms with Gasteiger partial charge in [-0.1, -0.05) is 31.7 Å². The largest absolute Gasteiger partial charge is 0.391 e. The topological polar surface area (TPSA) is 99.0 Å². The van der Waals surface area contributed by atoms with Gasteiger partial charge in [-0.05, 0) is 129 Å². The van der Waals surface area contributed by atoms with Crippen LogP contribution in [0.3, 0.4) is 0 Å². The second-order valence-electron chi connectivity index (χ2n) is 17.0. The summed E-state index contributed by atoms with van der Waals surface area (Å²) in [5, 5.41) is 28.3. The molecule has 0 unspecified atom stereocenters. The maximum Gasteiger partial charge on any atom is 0.164 e. The van der Waals surface area contributed by atoms with Crippen molar-refractivity contribution in [2.24, 2.45) is 33.7 Å². The monoisotopic (exact) mass is 615 g/mol. The van der Waals surface area contributed by atoms with Gasteiger partial charge in [0.25, 0.3) is 0 Å². The Bertz CT molecular complexity index is 1220. The van der Waals surface area contributed by atoms with Gasteiger partial charge < -0.3 is 34.0 Å². The van der Waals surface area contributed by atoms with Crippen LogP contribution >= 0.6 is 0 Å². The van der Waals surface area contributed by atoms with Crippen molar-refractivity contribution in [2.75, 3.05) is 6.61 Å². The van der Waals surface area contributed by atoms with E-state index in [0.29, 0.717) is 25.9 Å². The molecule has 10 atom stereocenters. The van der Waals surface area contributed by atoms with Crippen molar-refractivity contribution in [2.45, 2.75) is 160 Å². The number of oxime groups is 1. The van der Waals surface area contributed by atoms with Gasteiger partial charge in [0, 0.05) is 11.3 Å². The van der Waals surface area contributed by atoms with Crippen molar-refractivity contribution in [3.05, 3.63) is 24.3 Å². The number of hydrogen-bond donors (Lipinski definition) is 2. The molecule has 8 nitrogen and oxygen atoms in total. The first-order valence-electron chi connectivity index (χ1n) is 17.0. The summed E-state index contributed by atoms with van der Waals surface area (Å²) < 4.78 is 26.2. The molecule has 5 fully saturated rings. The Balaban J connectivity index is 1.38. The summed E-state index contributed by atoms with van der Waals surface area (Å²) in [6.45, 7) is 22.7. The van der Waals surface area contributed by atoms with Crippen LogP contribution in [0.15, 0.2) is 29.5 Å². The molecule has 0 aromatic rings. The van der Waals surface area contributed by atoms with Crippen molar-refractivity contribution in [3.63, 3.8) is 0 Å². The number of nitrogens with zero attached hydrogens (tertiary/aromatic N) is 1. The number of allylic oxidation sites excluding steroid dienone is 1. The van der Waals surface area contributed by atoms with Crippen LogP contribution in [-0.4, -0.2) is 69.2 Å². The fraction of sp³-hybridized carbons (Fsp3) is 0.861. The second kappa shape index (κ2) is 10.4. The molecule has 0 aromatic heterocycles. The molecule has 3 saturated carbocycles. The van der Waals surface area contributed by atoms with Crippen molar-refractivity contribution in [1.29, 1.82) is 0 Å². The predicted octanol–water partition coefficient (Wildman–Crippen LogP) is 6.44. The highest BCUT2D eigenvalue weighted by Gasteiger charge is 2.71. The van der Waals surface area contributed by atoms with E-state index in [0.717, 1.165) is 43.4 Å². The van der Waals surface area contributed by atoms with Crippen LogP contribution in [0.25, 0.3) is 0 Å². The minimum Gasteiger partial charge on any atom is -0.391 e. The molecule has 6 aliphatic rings. The Morgan fingerprint density at radius 1 is 1.00 bits per heavy atom. The van der Waals surface area contributed by atoms with Gasteiger partial charge in [-0.25, -0.2) is 0 Å². The number of rotatable bonds is 7. The maximum absolute atomic E-state index is 13.1. The average Bonchev–Trinajstić information content (AvgIpc) is 3.44. The van der Waals surface area contributed by atoms with Gasteiger partial charge in [0.2, 0.25) is 0 Å². The minimum atomic E-state index is -1.02. The summed E-state index contributed by atoms with van der Waals surface area (Å²) in [5.74, 6) is -0.937. The van der Waals surface area contributed by atoms with E-state index in [1.165, 1.54) is 0 Å². The predicted molar refractivity (Wildman–Crippen MR) is 169 cm³/mol. The van der Waals surface area contributed by atoms with Gasteiger partial charge in [-0.15, -0.1) is 0 Å². The normalized spacial score (nSPS) is 48.2. The Morgan fingerprint density at radius 3 is 2.39 bits per heavy atom. The van der Waals surface area contributed by atoms with E-state index in [4.69, 9.17) is 28.9 Å². The van der Waals surface area contributed by atoms with Crippen LogP contribution in [0.1, 0.15) is 114 Å². The SMILES string of the molecule is C=CCO/N=C1/C=C2[C@H](CC[C@]3(C)[C@@H]([C@@]4(C)OC(C)(C)O[C@@H]4CCC(C)(C)O)CC[C@@]23O)[C@@]2(C)C[C@@H]3OC(C)(C)O[C@@H]3C[C@@H]12. The van der Waals surface area contributed by atoms with Gasteiger partial charge in [0.1, 0.15) is 6.61 Å². The average molecular weight is 616 g/mol.